The van der Waals surface area contributed by atoms with Crippen molar-refractivity contribution in [3.63, 3.8) is 0 Å². The van der Waals surface area contributed by atoms with Crippen LogP contribution >= 0.6 is 0 Å². The summed E-state index contributed by atoms with van der Waals surface area (Å²) in [6, 6.07) is 38.9. The lowest BCUT2D eigenvalue weighted by molar-refractivity contribution is 0.307. The van der Waals surface area contributed by atoms with E-state index in [9.17, 15) is 5.26 Å². The summed E-state index contributed by atoms with van der Waals surface area (Å²) >= 11 is 0. The van der Waals surface area contributed by atoms with Gasteiger partial charge >= 0.3 is 0 Å². The zero-order valence-electron chi connectivity index (χ0n) is 21.5. The van der Waals surface area contributed by atoms with Crippen molar-refractivity contribution in [1.29, 1.82) is 5.26 Å². The number of allylic oxidation sites excluding steroid dienone is 1. The highest BCUT2D eigenvalue weighted by Gasteiger charge is 2.35. The molecule has 6 nitrogen and oxygen atoms in total. The van der Waals surface area contributed by atoms with E-state index in [0.717, 1.165) is 44.5 Å². The molecule has 3 N–H and O–H groups in total. The minimum absolute atomic E-state index is 0.0623. The van der Waals surface area contributed by atoms with Crippen molar-refractivity contribution >= 4 is 21.5 Å². The average molecular weight is 521 g/mol. The third-order valence-corrected chi connectivity index (χ3v) is 7.49. The highest BCUT2D eigenvalue weighted by atomic mass is 16.5. The van der Waals surface area contributed by atoms with Gasteiger partial charge in [-0.15, -0.1) is 5.10 Å². The summed E-state index contributed by atoms with van der Waals surface area (Å²) in [4.78, 5) is 0. The molecule has 0 amide bonds. The fraction of sp³-hybridized carbons (Fsp3) is 0.0588. The van der Waals surface area contributed by atoms with Gasteiger partial charge in [-0.25, -0.2) is 0 Å². The number of aromatic nitrogens is 2. The summed E-state index contributed by atoms with van der Waals surface area (Å²) < 4.78 is 12.0. The van der Waals surface area contributed by atoms with E-state index in [1.807, 2.05) is 66.7 Å². The highest BCUT2D eigenvalue weighted by Crippen LogP contribution is 2.46. The average Bonchev–Trinajstić information content (AvgIpc) is 3.42. The Morgan fingerprint density at radius 2 is 1.50 bits per heavy atom. The van der Waals surface area contributed by atoms with Crippen molar-refractivity contribution in [2.24, 2.45) is 5.73 Å². The molecule has 0 saturated heterocycles. The van der Waals surface area contributed by atoms with E-state index in [-0.39, 0.29) is 5.88 Å². The van der Waals surface area contributed by atoms with Gasteiger partial charge in [0.2, 0.25) is 11.8 Å². The number of fused-ring (bicyclic) bond motifs is 3. The molecule has 6 aromatic rings. The fourth-order valence-corrected chi connectivity index (χ4v) is 5.56. The topological polar surface area (TPSA) is 97.0 Å². The molecule has 1 aliphatic heterocycles. The fourth-order valence-electron chi connectivity index (χ4n) is 5.56. The van der Waals surface area contributed by atoms with Gasteiger partial charge in [-0.2, -0.15) is 5.26 Å². The van der Waals surface area contributed by atoms with Gasteiger partial charge in [-0.3, -0.25) is 5.10 Å². The van der Waals surface area contributed by atoms with Crippen molar-refractivity contribution in [1.82, 2.24) is 10.2 Å². The van der Waals surface area contributed by atoms with Gasteiger partial charge in [0.1, 0.15) is 24.0 Å². The Labute approximate surface area is 230 Å². The first-order chi connectivity index (χ1) is 19.7. The smallest absolute Gasteiger partial charge is 0.244 e. The number of ether oxygens (including phenoxy) is 2. The van der Waals surface area contributed by atoms with Gasteiger partial charge in [0.15, 0.2) is 0 Å². The number of rotatable bonds is 5. The summed E-state index contributed by atoms with van der Waals surface area (Å²) in [7, 11) is 0. The van der Waals surface area contributed by atoms with E-state index in [0.29, 0.717) is 18.1 Å². The number of benzene rings is 5. The Kier molecular flexibility index (Phi) is 5.68. The van der Waals surface area contributed by atoms with E-state index in [2.05, 4.69) is 58.7 Å². The molecule has 7 rings (SSSR count). The number of hydrogen-bond acceptors (Lipinski definition) is 5. The molecule has 0 spiro atoms. The second-order valence-corrected chi connectivity index (χ2v) is 9.76. The molecular weight excluding hydrogens is 496 g/mol. The van der Waals surface area contributed by atoms with Crippen molar-refractivity contribution in [2.45, 2.75) is 12.5 Å². The monoisotopic (exact) mass is 520 g/mol. The highest BCUT2D eigenvalue weighted by molar-refractivity contribution is 5.97. The Morgan fingerprint density at radius 3 is 2.27 bits per heavy atom. The predicted octanol–water partition coefficient (Wildman–Crippen LogP) is 7.18. The van der Waals surface area contributed by atoms with Gasteiger partial charge in [-0.1, -0.05) is 97.1 Å². The number of nitrogens with zero attached hydrogens (tertiary/aromatic N) is 2. The minimum Gasteiger partial charge on any atom is -0.489 e. The van der Waals surface area contributed by atoms with Crippen LogP contribution < -0.4 is 15.2 Å². The number of hydrogen-bond donors (Lipinski definition) is 2. The summed E-state index contributed by atoms with van der Waals surface area (Å²) in [6.07, 6.45) is 0. The van der Waals surface area contributed by atoms with Crippen LogP contribution in [-0.2, 0) is 6.61 Å². The van der Waals surface area contributed by atoms with Crippen molar-refractivity contribution in [2.75, 3.05) is 0 Å². The number of aromatic amines is 1. The molecule has 192 valence electrons. The normalized spacial score (nSPS) is 14.5. The SMILES string of the molecule is N#CC1=C(N)Oc2n[nH]c(-c3cccc4ccccc34)c2[C@@H]1c1ccc(OCc2cccc3ccccc23)cc1. The molecule has 0 radical (unpaired) electrons. The molecule has 1 atom stereocenters. The van der Waals surface area contributed by atoms with Gasteiger partial charge in [0.25, 0.3) is 0 Å². The molecule has 2 heterocycles. The van der Waals surface area contributed by atoms with Gasteiger partial charge < -0.3 is 15.2 Å². The second-order valence-electron chi connectivity index (χ2n) is 9.76. The van der Waals surface area contributed by atoms with Crippen LogP contribution in [0, 0.1) is 11.3 Å². The molecule has 1 aromatic heterocycles. The van der Waals surface area contributed by atoms with E-state index in [1.165, 1.54) is 10.8 Å². The second kappa shape index (κ2) is 9.64. The molecule has 1 aliphatic rings. The zero-order valence-corrected chi connectivity index (χ0v) is 21.5. The van der Waals surface area contributed by atoms with E-state index >= 15 is 0 Å². The first-order valence-electron chi connectivity index (χ1n) is 13.0. The Morgan fingerprint density at radius 1 is 0.825 bits per heavy atom. The lowest BCUT2D eigenvalue weighted by Crippen LogP contribution is -2.21. The molecule has 0 saturated carbocycles. The van der Waals surface area contributed by atoms with E-state index < -0.39 is 5.92 Å². The van der Waals surface area contributed by atoms with E-state index in [4.69, 9.17) is 15.2 Å². The van der Waals surface area contributed by atoms with Gasteiger partial charge in [0.05, 0.1) is 17.2 Å². The van der Waals surface area contributed by atoms with Crippen LogP contribution in [0.3, 0.4) is 0 Å². The standard InChI is InChI=1S/C34H24N4O2/c35-19-29-30(23-15-17-25(18-16-23)39-20-24-11-5-9-21-7-1-3-12-26(21)24)31-32(37-38-34(31)40-33(29)36)28-14-6-10-22-8-2-4-13-27(22)28/h1-18,30H,20,36H2,(H,37,38)/t30-/m1/s1. The first-order valence-corrected chi connectivity index (χ1v) is 13.0. The van der Waals surface area contributed by atoms with E-state index in [1.54, 1.807) is 0 Å². The molecule has 0 unspecified atom stereocenters. The zero-order chi connectivity index (χ0) is 27.1. The minimum atomic E-state index is -0.450. The Bertz CT molecular complexity index is 1950. The summed E-state index contributed by atoms with van der Waals surface area (Å²) in [5, 5.41) is 22.3. The van der Waals surface area contributed by atoms with Crippen LogP contribution in [0.4, 0.5) is 0 Å². The number of H-pyrrole nitrogens is 1. The maximum atomic E-state index is 10.1. The van der Waals surface area contributed by atoms with Gasteiger partial charge in [0, 0.05) is 5.56 Å². The van der Waals surface area contributed by atoms with Crippen molar-refractivity contribution in [3.05, 3.63) is 137 Å². The van der Waals surface area contributed by atoms with Crippen molar-refractivity contribution in [3.8, 4) is 29.0 Å². The first kappa shape index (κ1) is 23.6. The number of nitrogens with one attached hydrogen (secondary N) is 1. The molecule has 5 aromatic carbocycles. The third kappa shape index (κ3) is 3.93. The summed E-state index contributed by atoms with van der Waals surface area (Å²) in [5.74, 6) is 0.724. The van der Waals surface area contributed by atoms with Crippen LogP contribution in [0.1, 0.15) is 22.6 Å². The van der Waals surface area contributed by atoms with Crippen molar-refractivity contribution < 1.29 is 9.47 Å². The number of nitrogens with two attached hydrogens (primary N) is 1. The maximum absolute atomic E-state index is 10.1. The summed E-state index contributed by atoms with van der Waals surface area (Å²) in [6.45, 7) is 0.450. The maximum Gasteiger partial charge on any atom is 0.244 e. The van der Waals surface area contributed by atoms with Crippen LogP contribution in [-0.4, -0.2) is 10.2 Å². The predicted molar refractivity (Wildman–Crippen MR) is 156 cm³/mol. The molecular formula is C34H24N4O2. The summed E-state index contributed by atoms with van der Waals surface area (Å²) in [5.41, 5.74) is 11.1. The molecule has 40 heavy (non-hydrogen) atoms. The van der Waals surface area contributed by atoms with Crippen LogP contribution in [0.15, 0.2) is 121 Å². The third-order valence-electron chi connectivity index (χ3n) is 7.49. The van der Waals surface area contributed by atoms with Crippen LogP contribution in [0.2, 0.25) is 0 Å². The van der Waals surface area contributed by atoms with Crippen LogP contribution in [0.5, 0.6) is 11.6 Å². The molecule has 6 heteroatoms. The molecule has 0 aliphatic carbocycles. The lowest BCUT2D eigenvalue weighted by atomic mass is 9.82. The number of nitriles is 1. The van der Waals surface area contributed by atoms with Crippen LogP contribution in [0.25, 0.3) is 32.8 Å². The Hall–Kier alpha value is -5.54. The van der Waals surface area contributed by atoms with Gasteiger partial charge in [-0.05, 0) is 44.8 Å². The largest absolute Gasteiger partial charge is 0.489 e. The quantitative estimate of drug-likeness (QED) is 0.251. The molecule has 0 bridgehead atoms. The molecule has 0 fully saturated rings. The Balaban J connectivity index is 1.25. The lowest BCUT2D eigenvalue weighted by Gasteiger charge is -2.24.